The molecule has 0 radical (unpaired) electrons. The van der Waals surface area contributed by atoms with E-state index in [1.165, 1.54) is 17.8 Å². The number of rotatable bonds is 9. The highest BCUT2D eigenvalue weighted by atomic mass is 79.9. The lowest BCUT2D eigenvalue weighted by Gasteiger charge is -2.50. The number of anilines is 1. The van der Waals surface area contributed by atoms with Gasteiger partial charge in [0.05, 0.1) is 12.1 Å². The van der Waals surface area contributed by atoms with Gasteiger partial charge in [0.15, 0.2) is 0 Å². The number of halogens is 2. The van der Waals surface area contributed by atoms with Crippen LogP contribution in [-0.2, 0) is 6.61 Å². The van der Waals surface area contributed by atoms with Crippen molar-refractivity contribution in [2.45, 2.75) is 31.6 Å². The summed E-state index contributed by atoms with van der Waals surface area (Å²) >= 11 is 3.61. The van der Waals surface area contributed by atoms with E-state index in [-0.39, 0.29) is 11.9 Å². The number of ether oxygens (including phenoxy) is 1. The monoisotopic (exact) mass is 545 g/mol. The number of aliphatic hydroxyl groups excluding tert-OH is 1. The van der Waals surface area contributed by atoms with Crippen molar-refractivity contribution in [2.75, 3.05) is 11.4 Å². The van der Waals surface area contributed by atoms with Gasteiger partial charge < -0.3 is 14.7 Å². The first kappa shape index (κ1) is 24.5. The maximum Gasteiger partial charge on any atom is 0.126 e. The third-order valence-electron chi connectivity index (χ3n) is 6.90. The third-order valence-corrected chi connectivity index (χ3v) is 7.39. The lowest BCUT2D eigenvalue weighted by atomic mass is 9.78. The lowest BCUT2D eigenvalue weighted by molar-refractivity contribution is 0.143. The van der Waals surface area contributed by atoms with Crippen LogP contribution in [0.3, 0.4) is 0 Å². The van der Waals surface area contributed by atoms with Crippen molar-refractivity contribution in [2.24, 2.45) is 5.92 Å². The molecule has 1 saturated heterocycles. The van der Waals surface area contributed by atoms with Gasteiger partial charge in [0.25, 0.3) is 0 Å². The summed E-state index contributed by atoms with van der Waals surface area (Å²) in [6.45, 7) is 1.40. The van der Waals surface area contributed by atoms with Crippen molar-refractivity contribution < 1.29 is 14.2 Å². The lowest BCUT2D eigenvalue weighted by Crippen LogP contribution is -2.50. The standard InChI is InChI=1S/C31H29BrFNO2/c32-25-14-17-28(30(19-25)36-21-22-7-3-1-4-8-22)31-24(20-34(31)27-9-5-2-6-10-27)13-18-29(35)23-11-15-26(33)16-12-23/h1-12,14-17,19,24,29,31,35H,13,18,20-21H2/t24-,29+,31+/m1/s1. The molecule has 0 aliphatic carbocycles. The Hall–Kier alpha value is -3.15. The first-order chi connectivity index (χ1) is 17.6. The fraction of sp³-hybridized carbons (Fsp3) is 0.226. The number of para-hydroxylation sites is 1. The van der Waals surface area contributed by atoms with E-state index < -0.39 is 6.10 Å². The molecule has 3 nitrogen and oxygen atoms in total. The van der Waals surface area contributed by atoms with Crippen LogP contribution in [0.25, 0.3) is 0 Å². The van der Waals surface area contributed by atoms with E-state index in [4.69, 9.17) is 4.74 Å². The van der Waals surface area contributed by atoms with Crippen molar-refractivity contribution in [3.05, 3.63) is 130 Å². The number of hydrogen-bond donors (Lipinski definition) is 1. The molecule has 4 aromatic rings. The second-order valence-corrected chi connectivity index (χ2v) is 10.2. The van der Waals surface area contributed by atoms with Gasteiger partial charge in [-0.3, -0.25) is 0 Å². The van der Waals surface area contributed by atoms with Crippen molar-refractivity contribution in [3.63, 3.8) is 0 Å². The molecule has 184 valence electrons. The highest BCUT2D eigenvalue weighted by Crippen LogP contribution is 2.48. The Kier molecular flexibility index (Phi) is 7.69. The SMILES string of the molecule is O[C@@H](CC[C@@H]1CN(c2ccccc2)[C@@H]1c1ccc(Br)cc1OCc1ccccc1)c1ccc(F)cc1. The molecule has 3 atom stereocenters. The van der Waals surface area contributed by atoms with E-state index >= 15 is 0 Å². The van der Waals surface area contributed by atoms with Crippen LogP contribution in [-0.4, -0.2) is 11.7 Å². The van der Waals surface area contributed by atoms with Gasteiger partial charge in [0, 0.05) is 28.2 Å². The maximum atomic E-state index is 13.3. The molecule has 36 heavy (non-hydrogen) atoms. The molecule has 0 unspecified atom stereocenters. The summed E-state index contributed by atoms with van der Waals surface area (Å²) < 4.78 is 20.6. The van der Waals surface area contributed by atoms with Gasteiger partial charge in [-0.15, -0.1) is 0 Å². The van der Waals surface area contributed by atoms with Crippen LogP contribution in [0.4, 0.5) is 10.1 Å². The largest absolute Gasteiger partial charge is 0.489 e. The van der Waals surface area contributed by atoms with Crippen molar-refractivity contribution in [3.8, 4) is 5.75 Å². The summed E-state index contributed by atoms with van der Waals surface area (Å²) in [5, 5.41) is 10.8. The average Bonchev–Trinajstić information content (AvgIpc) is 2.89. The zero-order valence-corrected chi connectivity index (χ0v) is 21.5. The molecule has 0 aromatic heterocycles. The Morgan fingerprint density at radius 1 is 0.917 bits per heavy atom. The third kappa shape index (κ3) is 5.63. The van der Waals surface area contributed by atoms with Crippen LogP contribution in [0.5, 0.6) is 5.75 Å². The minimum atomic E-state index is -0.615. The molecule has 5 rings (SSSR count). The van der Waals surface area contributed by atoms with E-state index in [1.54, 1.807) is 12.1 Å². The van der Waals surface area contributed by atoms with Crippen LogP contribution in [0.2, 0.25) is 0 Å². The number of benzene rings is 4. The zero-order valence-electron chi connectivity index (χ0n) is 19.9. The highest BCUT2D eigenvalue weighted by molar-refractivity contribution is 9.10. The Balaban J connectivity index is 1.38. The summed E-state index contributed by atoms with van der Waals surface area (Å²) in [6, 6.07) is 33.1. The summed E-state index contributed by atoms with van der Waals surface area (Å²) in [4.78, 5) is 2.41. The second-order valence-electron chi connectivity index (χ2n) is 9.29. The molecule has 5 heteroatoms. The van der Waals surface area contributed by atoms with E-state index in [2.05, 4.69) is 69.4 Å². The van der Waals surface area contributed by atoms with Gasteiger partial charge in [0.1, 0.15) is 18.2 Å². The van der Waals surface area contributed by atoms with E-state index in [9.17, 15) is 9.50 Å². The molecular formula is C31H29BrFNO2. The number of aliphatic hydroxyl groups is 1. The van der Waals surface area contributed by atoms with Gasteiger partial charge in [-0.05, 0) is 60.4 Å². The van der Waals surface area contributed by atoms with Crippen LogP contribution in [0.15, 0.2) is 108 Å². The Morgan fingerprint density at radius 3 is 2.33 bits per heavy atom. The van der Waals surface area contributed by atoms with Crippen molar-refractivity contribution in [1.82, 2.24) is 0 Å². The quantitative estimate of drug-likeness (QED) is 0.232. The van der Waals surface area contributed by atoms with Gasteiger partial charge in [-0.2, -0.15) is 0 Å². The predicted octanol–water partition coefficient (Wildman–Crippen LogP) is 7.86. The Morgan fingerprint density at radius 2 is 1.61 bits per heavy atom. The predicted molar refractivity (Wildman–Crippen MR) is 146 cm³/mol. The zero-order chi connectivity index (χ0) is 24.9. The molecule has 1 N–H and O–H groups in total. The minimum Gasteiger partial charge on any atom is -0.489 e. The summed E-state index contributed by atoms with van der Waals surface area (Å²) in [5.41, 5.74) is 4.19. The summed E-state index contributed by atoms with van der Waals surface area (Å²) in [6.07, 6.45) is 0.850. The molecule has 0 saturated carbocycles. The summed E-state index contributed by atoms with van der Waals surface area (Å²) in [5.74, 6) is 0.922. The van der Waals surface area contributed by atoms with Crippen LogP contribution in [0, 0.1) is 11.7 Å². The molecule has 1 fully saturated rings. The highest BCUT2D eigenvalue weighted by Gasteiger charge is 2.41. The molecule has 4 aromatic carbocycles. The molecule has 0 bridgehead atoms. The van der Waals surface area contributed by atoms with Crippen LogP contribution < -0.4 is 9.64 Å². The first-order valence-electron chi connectivity index (χ1n) is 12.3. The normalized spacial score (nSPS) is 17.9. The van der Waals surface area contributed by atoms with Crippen molar-refractivity contribution >= 4 is 21.6 Å². The van der Waals surface area contributed by atoms with Gasteiger partial charge in [-0.25, -0.2) is 4.39 Å². The Labute approximate surface area is 220 Å². The van der Waals surface area contributed by atoms with Gasteiger partial charge >= 0.3 is 0 Å². The fourth-order valence-corrected chi connectivity index (χ4v) is 5.32. The van der Waals surface area contributed by atoms with Gasteiger partial charge in [0.2, 0.25) is 0 Å². The molecule has 1 aliphatic rings. The first-order valence-corrected chi connectivity index (χ1v) is 13.1. The summed E-state index contributed by atoms with van der Waals surface area (Å²) in [7, 11) is 0. The molecule has 1 aliphatic heterocycles. The molecule has 0 amide bonds. The molecule has 0 spiro atoms. The topological polar surface area (TPSA) is 32.7 Å². The van der Waals surface area contributed by atoms with Gasteiger partial charge in [-0.1, -0.05) is 82.7 Å². The maximum absolute atomic E-state index is 13.3. The average molecular weight is 546 g/mol. The molecule has 1 heterocycles. The number of nitrogens with zero attached hydrogens (tertiary/aromatic N) is 1. The van der Waals surface area contributed by atoms with E-state index in [0.717, 1.165) is 39.9 Å². The second kappa shape index (κ2) is 11.3. The fourth-order valence-electron chi connectivity index (χ4n) is 4.98. The van der Waals surface area contributed by atoms with Crippen LogP contribution in [0.1, 0.15) is 41.7 Å². The van der Waals surface area contributed by atoms with Crippen LogP contribution >= 0.6 is 15.9 Å². The smallest absolute Gasteiger partial charge is 0.126 e. The molecular weight excluding hydrogens is 517 g/mol. The Bertz CT molecular complexity index is 1270. The van der Waals surface area contributed by atoms with Crippen molar-refractivity contribution in [1.29, 1.82) is 0 Å². The van der Waals surface area contributed by atoms with E-state index in [0.29, 0.717) is 18.9 Å². The van der Waals surface area contributed by atoms with E-state index in [1.807, 2.05) is 30.3 Å². The number of hydrogen-bond acceptors (Lipinski definition) is 3. The minimum absolute atomic E-state index is 0.131.